The van der Waals surface area contributed by atoms with Crippen molar-refractivity contribution in [3.8, 4) is 0 Å². The molecule has 0 spiro atoms. The van der Waals surface area contributed by atoms with Gasteiger partial charge in [0.15, 0.2) is 0 Å². The summed E-state index contributed by atoms with van der Waals surface area (Å²) < 4.78 is 38.1. The van der Waals surface area contributed by atoms with E-state index < -0.39 is 27.8 Å². The van der Waals surface area contributed by atoms with Crippen molar-refractivity contribution in [2.75, 3.05) is 15.9 Å². The molecule has 2 aromatic carbocycles. The van der Waals surface area contributed by atoms with E-state index in [0.29, 0.717) is 5.69 Å². The highest BCUT2D eigenvalue weighted by Crippen LogP contribution is 2.22. The number of nitrogens with one attached hydrogen (secondary N) is 1. The normalized spacial score (nSPS) is 12.5. The van der Waals surface area contributed by atoms with E-state index in [1.807, 2.05) is 0 Å². The number of carbonyl (C=O) groups is 1. The number of nitrogens with zero attached hydrogens (tertiary/aromatic N) is 1. The first kappa shape index (κ1) is 17.0. The molecule has 0 saturated heterocycles. The molecule has 2 rings (SSSR count). The summed E-state index contributed by atoms with van der Waals surface area (Å²) in [6.07, 6.45) is 1.00. The van der Waals surface area contributed by atoms with Crippen molar-refractivity contribution in [3.63, 3.8) is 0 Å². The second kappa shape index (κ2) is 6.78. The maximum absolute atomic E-state index is 13.0. The lowest BCUT2D eigenvalue weighted by molar-refractivity contribution is -0.116. The first-order valence-electron chi connectivity index (χ1n) is 6.90. The quantitative estimate of drug-likeness (QED) is 0.913. The van der Waals surface area contributed by atoms with Gasteiger partial charge < -0.3 is 5.32 Å². The Morgan fingerprint density at radius 2 is 1.65 bits per heavy atom. The molecule has 0 heterocycles. The van der Waals surface area contributed by atoms with Crippen LogP contribution in [0.25, 0.3) is 0 Å². The van der Waals surface area contributed by atoms with Gasteiger partial charge in [0.25, 0.3) is 0 Å². The van der Waals surface area contributed by atoms with E-state index in [-0.39, 0.29) is 5.69 Å². The van der Waals surface area contributed by atoms with E-state index in [0.717, 1.165) is 22.7 Å². The van der Waals surface area contributed by atoms with Crippen LogP contribution < -0.4 is 9.62 Å². The Balaban J connectivity index is 2.28. The van der Waals surface area contributed by atoms with Crippen molar-refractivity contribution in [2.45, 2.75) is 13.0 Å². The molecule has 7 heteroatoms. The molecule has 0 unspecified atom stereocenters. The number of hydrogen-bond acceptors (Lipinski definition) is 3. The molecule has 1 N–H and O–H groups in total. The van der Waals surface area contributed by atoms with E-state index in [9.17, 15) is 17.6 Å². The number of amides is 1. The minimum atomic E-state index is -3.72. The van der Waals surface area contributed by atoms with Crippen LogP contribution in [-0.4, -0.2) is 26.6 Å². The fourth-order valence-electron chi connectivity index (χ4n) is 2.16. The van der Waals surface area contributed by atoms with Crippen LogP contribution in [0.3, 0.4) is 0 Å². The van der Waals surface area contributed by atoms with E-state index in [1.54, 1.807) is 30.3 Å². The van der Waals surface area contributed by atoms with Crippen LogP contribution in [0, 0.1) is 5.82 Å². The Morgan fingerprint density at radius 3 is 2.17 bits per heavy atom. The number of anilines is 2. The van der Waals surface area contributed by atoms with Crippen molar-refractivity contribution >= 4 is 27.3 Å². The van der Waals surface area contributed by atoms with E-state index >= 15 is 0 Å². The number of halogens is 1. The standard InChI is InChI=1S/C16H17FN2O3S/c1-12(16(20)18-14-6-4-3-5-7-14)19(23(2,21)22)15-10-8-13(17)9-11-15/h3-12H,1-2H3,(H,18,20)/t12-/m0/s1. The maximum atomic E-state index is 13.0. The summed E-state index contributed by atoms with van der Waals surface area (Å²) in [4.78, 5) is 12.3. The summed E-state index contributed by atoms with van der Waals surface area (Å²) in [5.41, 5.74) is 0.793. The predicted octanol–water partition coefficient (Wildman–Crippen LogP) is 2.62. The third kappa shape index (κ3) is 4.29. The molecule has 2 aromatic rings. The highest BCUT2D eigenvalue weighted by molar-refractivity contribution is 7.92. The monoisotopic (exact) mass is 336 g/mol. The highest BCUT2D eigenvalue weighted by atomic mass is 32.2. The summed E-state index contributed by atoms with van der Waals surface area (Å²) in [6.45, 7) is 1.47. The lowest BCUT2D eigenvalue weighted by Gasteiger charge is -2.28. The molecular formula is C16H17FN2O3S. The zero-order chi connectivity index (χ0) is 17.0. The highest BCUT2D eigenvalue weighted by Gasteiger charge is 2.29. The summed E-state index contributed by atoms with van der Waals surface area (Å²) >= 11 is 0. The molecule has 0 bridgehead atoms. The first-order valence-corrected chi connectivity index (χ1v) is 8.75. The summed E-state index contributed by atoms with van der Waals surface area (Å²) in [7, 11) is -3.72. The number of sulfonamides is 1. The van der Waals surface area contributed by atoms with Crippen molar-refractivity contribution in [2.24, 2.45) is 0 Å². The minimum Gasteiger partial charge on any atom is -0.324 e. The first-order chi connectivity index (χ1) is 10.8. The van der Waals surface area contributed by atoms with Crippen molar-refractivity contribution < 1.29 is 17.6 Å². The van der Waals surface area contributed by atoms with E-state index in [1.165, 1.54) is 19.1 Å². The van der Waals surface area contributed by atoms with Gasteiger partial charge in [0, 0.05) is 5.69 Å². The molecule has 0 aromatic heterocycles. The molecule has 1 atom stereocenters. The Hall–Kier alpha value is -2.41. The second-order valence-electron chi connectivity index (χ2n) is 5.07. The Bertz CT molecular complexity index is 777. The average Bonchev–Trinajstić information content (AvgIpc) is 2.49. The van der Waals surface area contributed by atoms with Gasteiger partial charge in [-0.3, -0.25) is 9.10 Å². The van der Waals surface area contributed by atoms with E-state index in [2.05, 4.69) is 5.32 Å². The molecule has 0 fully saturated rings. The molecule has 1 amide bonds. The fourth-order valence-corrected chi connectivity index (χ4v) is 3.34. The Morgan fingerprint density at radius 1 is 1.09 bits per heavy atom. The molecule has 0 radical (unpaired) electrons. The van der Waals surface area contributed by atoms with Crippen LogP contribution in [0.15, 0.2) is 54.6 Å². The Labute approximate surface area is 134 Å². The molecule has 0 aliphatic carbocycles. The van der Waals surface area contributed by atoms with Crippen LogP contribution in [-0.2, 0) is 14.8 Å². The van der Waals surface area contributed by atoms with Gasteiger partial charge in [-0.15, -0.1) is 0 Å². The van der Waals surface area contributed by atoms with Gasteiger partial charge in [-0.05, 0) is 43.3 Å². The number of benzene rings is 2. The van der Waals surface area contributed by atoms with Crippen LogP contribution in [0.2, 0.25) is 0 Å². The largest absolute Gasteiger partial charge is 0.324 e. The summed E-state index contributed by atoms with van der Waals surface area (Å²) in [5.74, 6) is -0.963. The molecule has 122 valence electrons. The minimum absolute atomic E-state index is 0.226. The van der Waals surface area contributed by atoms with Gasteiger partial charge in [-0.2, -0.15) is 0 Å². The zero-order valence-corrected chi connectivity index (χ0v) is 13.5. The van der Waals surface area contributed by atoms with Gasteiger partial charge >= 0.3 is 0 Å². The van der Waals surface area contributed by atoms with Crippen LogP contribution in [0.4, 0.5) is 15.8 Å². The SMILES string of the molecule is C[C@@H](C(=O)Nc1ccccc1)N(c1ccc(F)cc1)S(C)(=O)=O. The molecule has 5 nitrogen and oxygen atoms in total. The lowest BCUT2D eigenvalue weighted by Crippen LogP contribution is -2.45. The van der Waals surface area contributed by atoms with Crippen molar-refractivity contribution in [1.82, 2.24) is 0 Å². The van der Waals surface area contributed by atoms with Crippen LogP contribution in [0.5, 0.6) is 0 Å². The average molecular weight is 336 g/mol. The van der Waals surface area contributed by atoms with Crippen LogP contribution in [0.1, 0.15) is 6.92 Å². The Kier molecular flexibility index (Phi) is 5.00. The topological polar surface area (TPSA) is 66.5 Å². The van der Waals surface area contributed by atoms with Crippen molar-refractivity contribution in [3.05, 3.63) is 60.4 Å². The van der Waals surface area contributed by atoms with E-state index in [4.69, 9.17) is 0 Å². The summed E-state index contributed by atoms with van der Waals surface area (Å²) in [5, 5.41) is 2.66. The summed E-state index contributed by atoms with van der Waals surface area (Å²) in [6, 6.07) is 12.7. The number of carbonyl (C=O) groups excluding carboxylic acids is 1. The fraction of sp³-hybridized carbons (Fsp3) is 0.188. The van der Waals surface area contributed by atoms with Crippen LogP contribution >= 0.6 is 0 Å². The van der Waals surface area contributed by atoms with Gasteiger partial charge in [-0.25, -0.2) is 12.8 Å². The number of rotatable bonds is 5. The zero-order valence-electron chi connectivity index (χ0n) is 12.7. The molecule has 0 saturated carbocycles. The molecule has 23 heavy (non-hydrogen) atoms. The number of hydrogen-bond donors (Lipinski definition) is 1. The molecular weight excluding hydrogens is 319 g/mol. The third-order valence-corrected chi connectivity index (χ3v) is 4.45. The van der Waals surface area contributed by atoms with Gasteiger partial charge in [0.05, 0.1) is 11.9 Å². The van der Waals surface area contributed by atoms with Gasteiger partial charge in [0.1, 0.15) is 11.9 Å². The smallest absolute Gasteiger partial charge is 0.247 e. The molecule has 0 aliphatic rings. The second-order valence-corrected chi connectivity index (χ2v) is 6.93. The third-order valence-electron chi connectivity index (χ3n) is 3.21. The lowest BCUT2D eigenvalue weighted by atomic mass is 10.2. The van der Waals surface area contributed by atoms with Gasteiger partial charge in [0.2, 0.25) is 15.9 Å². The maximum Gasteiger partial charge on any atom is 0.247 e. The number of para-hydroxylation sites is 1. The van der Waals surface area contributed by atoms with Crippen molar-refractivity contribution in [1.29, 1.82) is 0 Å². The molecule has 0 aliphatic heterocycles. The van der Waals surface area contributed by atoms with Gasteiger partial charge in [-0.1, -0.05) is 18.2 Å². The predicted molar refractivity (Wildman–Crippen MR) is 88.3 cm³/mol.